The van der Waals surface area contributed by atoms with E-state index >= 15 is 0 Å². The number of rotatable bonds is 2. The zero-order chi connectivity index (χ0) is 14.1. The number of halogens is 1. The molecule has 0 spiro atoms. The van der Waals surface area contributed by atoms with Crippen molar-refractivity contribution in [3.8, 4) is 0 Å². The Bertz CT molecular complexity index is 699. The molecule has 0 atom stereocenters. The van der Waals surface area contributed by atoms with Crippen molar-refractivity contribution in [2.45, 2.75) is 12.8 Å². The molecule has 2 nitrogen and oxygen atoms in total. The van der Waals surface area contributed by atoms with Gasteiger partial charge in [0.15, 0.2) is 0 Å². The van der Waals surface area contributed by atoms with Gasteiger partial charge in [-0.05, 0) is 59.4 Å². The number of aromatic carboxylic acids is 1. The Balaban J connectivity index is 2.11. The average molecular weight is 285 g/mol. The summed E-state index contributed by atoms with van der Waals surface area (Å²) >= 11 is 5.92. The first kappa shape index (κ1) is 12.9. The van der Waals surface area contributed by atoms with E-state index in [1.807, 2.05) is 30.3 Å². The Morgan fingerprint density at radius 1 is 1.10 bits per heavy atom. The van der Waals surface area contributed by atoms with Gasteiger partial charge in [-0.2, -0.15) is 0 Å². The summed E-state index contributed by atoms with van der Waals surface area (Å²) in [6.45, 7) is 0. The molecule has 0 fully saturated rings. The molecule has 0 aromatic heterocycles. The van der Waals surface area contributed by atoms with Gasteiger partial charge in [0.05, 0.1) is 5.56 Å². The minimum Gasteiger partial charge on any atom is -0.478 e. The lowest BCUT2D eigenvalue weighted by atomic mass is 9.86. The molecule has 20 heavy (non-hydrogen) atoms. The molecule has 0 bridgehead atoms. The maximum Gasteiger partial charge on any atom is 0.335 e. The summed E-state index contributed by atoms with van der Waals surface area (Å²) in [6, 6.07) is 13.0. The maximum atomic E-state index is 11.1. The molecule has 0 amide bonds. The van der Waals surface area contributed by atoms with Crippen LogP contribution >= 0.6 is 11.6 Å². The van der Waals surface area contributed by atoms with Gasteiger partial charge in [-0.25, -0.2) is 4.79 Å². The van der Waals surface area contributed by atoms with Crippen molar-refractivity contribution >= 4 is 23.1 Å². The summed E-state index contributed by atoms with van der Waals surface area (Å²) in [5, 5.41) is 9.84. The molecule has 0 radical (unpaired) electrons. The van der Waals surface area contributed by atoms with Gasteiger partial charge >= 0.3 is 5.97 Å². The van der Waals surface area contributed by atoms with E-state index in [0.717, 1.165) is 29.5 Å². The van der Waals surface area contributed by atoms with Crippen LogP contribution in [0.4, 0.5) is 0 Å². The SMILES string of the molecule is O=C(O)c1ccc2c(c1)C(c1ccc(Cl)cc1)=CCC2. The number of allylic oxidation sites excluding steroid dienone is 1. The van der Waals surface area contributed by atoms with Crippen LogP contribution < -0.4 is 0 Å². The van der Waals surface area contributed by atoms with E-state index in [1.165, 1.54) is 5.56 Å². The highest BCUT2D eigenvalue weighted by Gasteiger charge is 2.16. The van der Waals surface area contributed by atoms with Crippen molar-refractivity contribution in [2.75, 3.05) is 0 Å². The van der Waals surface area contributed by atoms with Crippen LogP contribution in [0.1, 0.15) is 33.5 Å². The van der Waals surface area contributed by atoms with Crippen molar-refractivity contribution < 1.29 is 9.90 Å². The Morgan fingerprint density at radius 3 is 2.55 bits per heavy atom. The molecule has 1 aliphatic carbocycles. The third kappa shape index (κ3) is 2.35. The number of carbonyl (C=O) groups is 1. The molecule has 0 heterocycles. The summed E-state index contributed by atoms with van der Waals surface area (Å²) < 4.78 is 0. The third-order valence-corrected chi connectivity index (χ3v) is 3.82. The topological polar surface area (TPSA) is 37.3 Å². The van der Waals surface area contributed by atoms with Crippen LogP contribution in [0, 0.1) is 0 Å². The van der Waals surface area contributed by atoms with Gasteiger partial charge in [0.25, 0.3) is 0 Å². The zero-order valence-corrected chi connectivity index (χ0v) is 11.5. The number of fused-ring (bicyclic) bond motifs is 1. The van der Waals surface area contributed by atoms with Crippen LogP contribution in [0.25, 0.3) is 5.57 Å². The molecule has 3 rings (SSSR count). The van der Waals surface area contributed by atoms with E-state index < -0.39 is 5.97 Å². The van der Waals surface area contributed by atoms with Gasteiger partial charge in [-0.3, -0.25) is 0 Å². The molecule has 2 aromatic carbocycles. The van der Waals surface area contributed by atoms with Gasteiger partial charge in [0.1, 0.15) is 0 Å². The fraction of sp³-hybridized carbons (Fsp3) is 0.118. The molecule has 0 unspecified atom stereocenters. The van der Waals surface area contributed by atoms with Crippen LogP contribution in [0.5, 0.6) is 0 Å². The quantitative estimate of drug-likeness (QED) is 0.886. The second-order valence-electron chi connectivity index (χ2n) is 4.84. The van der Waals surface area contributed by atoms with E-state index in [1.54, 1.807) is 12.1 Å². The number of hydrogen-bond donors (Lipinski definition) is 1. The van der Waals surface area contributed by atoms with Gasteiger partial charge in [-0.15, -0.1) is 0 Å². The smallest absolute Gasteiger partial charge is 0.335 e. The molecule has 0 saturated carbocycles. The minimum absolute atomic E-state index is 0.325. The van der Waals surface area contributed by atoms with E-state index in [9.17, 15) is 4.79 Å². The standard InChI is InChI=1S/C17H13ClO2/c18-14-8-6-12(7-9-14)15-3-1-2-11-4-5-13(17(19)20)10-16(11)15/h3-10H,1-2H2,(H,19,20). The highest BCUT2D eigenvalue weighted by atomic mass is 35.5. The van der Waals surface area contributed by atoms with Crippen LogP contribution in [-0.4, -0.2) is 11.1 Å². The first-order valence-electron chi connectivity index (χ1n) is 6.48. The summed E-state index contributed by atoms with van der Waals surface area (Å²) in [5.74, 6) is -0.895. The fourth-order valence-corrected chi connectivity index (χ4v) is 2.69. The molecule has 100 valence electrons. The summed E-state index contributed by atoms with van der Waals surface area (Å²) in [6.07, 6.45) is 4.08. The minimum atomic E-state index is -0.895. The van der Waals surface area contributed by atoms with E-state index in [4.69, 9.17) is 16.7 Å². The normalized spacial score (nSPS) is 13.6. The van der Waals surface area contributed by atoms with Gasteiger partial charge in [0, 0.05) is 5.02 Å². The number of carboxylic acid groups (broad SMARTS) is 1. The molecule has 0 saturated heterocycles. The van der Waals surface area contributed by atoms with E-state index in [-0.39, 0.29) is 0 Å². The van der Waals surface area contributed by atoms with E-state index in [2.05, 4.69) is 6.08 Å². The molecule has 0 aliphatic heterocycles. The largest absolute Gasteiger partial charge is 0.478 e. The Labute approximate surface area is 122 Å². The van der Waals surface area contributed by atoms with Gasteiger partial charge < -0.3 is 5.11 Å². The number of aryl methyl sites for hydroxylation is 1. The highest BCUT2D eigenvalue weighted by molar-refractivity contribution is 6.30. The number of benzene rings is 2. The molecular weight excluding hydrogens is 272 g/mol. The molecule has 3 heteroatoms. The molecule has 2 aromatic rings. The summed E-state index contributed by atoms with van der Waals surface area (Å²) in [5.41, 5.74) is 4.69. The molecule has 1 N–H and O–H groups in total. The highest BCUT2D eigenvalue weighted by Crippen LogP contribution is 2.32. The first-order chi connectivity index (χ1) is 9.65. The van der Waals surface area contributed by atoms with Crippen LogP contribution in [0.3, 0.4) is 0 Å². The second kappa shape index (κ2) is 5.14. The summed E-state index contributed by atoms with van der Waals surface area (Å²) in [7, 11) is 0. The van der Waals surface area contributed by atoms with Gasteiger partial charge in [0.2, 0.25) is 0 Å². The van der Waals surface area contributed by atoms with Crippen molar-refractivity contribution in [1.82, 2.24) is 0 Å². The van der Waals surface area contributed by atoms with Crippen LogP contribution in [0.2, 0.25) is 5.02 Å². The maximum absolute atomic E-state index is 11.1. The van der Waals surface area contributed by atoms with E-state index in [0.29, 0.717) is 10.6 Å². The first-order valence-corrected chi connectivity index (χ1v) is 6.85. The Morgan fingerprint density at radius 2 is 1.85 bits per heavy atom. The summed E-state index contributed by atoms with van der Waals surface area (Å²) in [4.78, 5) is 11.1. The second-order valence-corrected chi connectivity index (χ2v) is 5.28. The lowest BCUT2D eigenvalue weighted by molar-refractivity contribution is 0.0697. The third-order valence-electron chi connectivity index (χ3n) is 3.56. The van der Waals surface area contributed by atoms with Crippen molar-refractivity contribution in [2.24, 2.45) is 0 Å². The molecular formula is C17H13ClO2. The average Bonchev–Trinajstić information content (AvgIpc) is 2.47. The number of carboxylic acids is 1. The Hall–Kier alpha value is -2.06. The Kier molecular flexibility index (Phi) is 3.33. The molecule has 1 aliphatic rings. The lowest BCUT2D eigenvalue weighted by Crippen LogP contribution is -2.04. The van der Waals surface area contributed by atoms with Crippen molar-refractivity contribution in [3.05, 3.63) is 75.8 Å². The van der Waals surface area contributed by atoms with Crippen LogP contribution in [-0.2, 0) is 6.42 Å². The fourth-order valence-electron chi connectivity index (χ4n) is 2.56. The number of hydrogen-bond acceptors (Lipinski definition) is 1. The van der Waals surface area contributed by atoms with Crippen LogP contribution in [0.15, 0.2) is 48.5 Å². The zero-order valence-electron chi connectivity index (χ0n) is 10.8. The lowest BCUT2D eigenvalue weighted by Gasteiger charge is -2.18. The van der Waals surface area contributed by atoms with Crippen molar-refractivity contribution in [3.63, 3.8) is 0 Å². The predicted octanol–water partition coefficient (Wildman–Crippen LogP) is 4.42. The van der Waals surface area contributed by atoms with Crippen molar-refractivity contribution in [1.29, 1.82) is 0 Å². The van der Waals surface area contributed by atoms with Gasteiger partial charge in [-0.1, -0.05) is 35.9 Å². The predicted molar refractivity (Wildman–Crippen MR) is 80.3 cm³/mol. The monoisotopic (exact) mass is 284 g/mol.